The van der Waals surface area contributed by atoms with Crippen molar-refractivity contribution in [2.45, 2.75) is 76.5 Å². The lowest BCUT2D eigenvalue weighted by atomic mass is 9.99. The minimum Gasteiger partial charge on any atom is -0.481 e. The van der Waals surface area contributed by atoms with Gasteiger partial charge in [0.2, 0.25) is 17.7 Å². The zero-order chi connectivity index (χ0) is 28.7. The molecule has 0 rings (SSSR count). The van der Waals surface area contributed by atoms with Crippen molar-refractivity contribution in [1.82, 2.24) is 16.0 Å². The van der Waals surface area contributed by atoms with E-state index in [1.165, 1.54) is 0 Å². The number of aliphatic imine (C=N–C) groups is 1. The first-order chi connectivity index (χ1) is 17.2. The molecule has 5 unspecified atom stereocenters. The van der Waals surface area contributed by atoms with Gasteiger partial charge in [-0.1, -0.05) is 20.3 Å². The minimum absolute atomic E-state index is 0.0807. The van der Waals surface area contributed by atoms with E-state index in [2.05, 4.69) is 20.9 Å². The Labute approximate surface area is 213 Å². The Hall–Kier alpha value is -3.95. The third kappa shape index (κ3) is 13.6. The lowest BCUT2D eigenvalue weighted by Gasteiger charge is -2.25. The predicted molar refractivity (Wildman–Crippen MR) is 130 cm³/mol. The maximum absolute atomic E-state index is 12.8. The minimum atomic E-state index is -1.63. The molecular weight excluding hydrogens is 494 g/mol. The molecule has 0 aliphatic heterocycles. The van der Waals surface area contributed by atoms with Crippen LogP contribution in [0.1, 0.15) is 52.4 Å². The fourth-order valence-electron chi connectivity index (χ4n) is 3.01. The molecule has 0 aromatic rings. The van der Waals surface area contributed by atoms with E-state index in [-0.39, 0.29) is 31.3 Å². The SMILES string of the molecule is CCC(C)C(N)C(=O)NC(CC(=O)O)C(=O)NC(CCC(=O)O)C(=O)NC(CCCN=C(N)N)C(=O)O. The van der Waals surface area contributed by atoms with E-state index in [9.17, 15) is 33.9 Å². The Balaban J connectivity index is 5.60. The quantitative estimate of drug-likeness (QED) is 0.0495. The van der Waals surface area contributed by atoms with Crippen LogP contribution in [0.25, 0.3) is 0 Å². The van der Waals surface area contributed by atoms with Crippen LogP contribution in [-0.4, -0.2) is 87.6 Å². The van der Waals surface area contributed by atoms with Gasteiger partial charge in [-0.25, -0.2) is 4.79 Å². The summed E-state index contributed by atoms with van der Waals surface area (Å²) in [4.78, 5) is 75.6. The number of amides is 3. The van der Waals surface area contributed by atoms with Crippen molar-refractivity contribution in [2.24, 2.45) is 28.1 Å². The maximum Gasteiger partial charge on any atom is 0.326 e. The number of guanidine groups is 1. The number of nitrogens with one attached hydrogen (secondary N) is 3. The van der Waals surface area contributed by atoms with Crippen molar-refractivity contribution in [3.63, 3.8) is 0 Å². The lowest BCUT2D eigenvalue weighted by Crippen LogP contribution is -2.58. The average molecular weight is 532 g/mol. The number of nitrogens with two attached hydrogens (primary N) is 3. The van der Waals surface area contributed by atoms with Crippen molar-refractivity contribution < 1.29 is 44.1 Å². The number of hydrogen-bond donors (Lipinski definition) is 9. The molecule has 16 nitrogen and oxygen atoms in total. The average Bonchev–Trinajstić information content (AvgIpc) is 2.80. The summed E-state index contributed by atoms with van der Waals surface area (Å²) >= 11 is 0. The van der Waals surface area contributed by atoms with Gasteiger partial charge in [0.15, 0.2) is 5.96 Å². The molecule has 0 aliphatic rings. The first-order valence-electron chi connectivity index (χ1n) is 11.6. The highest BCUT2D eigenvalue weighted by Crippen LogP contribution is 2.08. The van der Waals surface area contributed by atoms with Crippen LogP contribution in [0.4, 0.5) is 0 Å². The van der Waals surface area contributed by atoms with Crippen LogP contribution in [-0.2, 0) is 28.8 Å². The normalized spacial score (nSPS) is 14.7. The van der Waals surface area contributed by atoms with Crippen molar-refractivity contribution in [2.75, 3.05) is 6.54 Å². The molecule has 0 aromatic heterocycles. The Kier molecular flexibility index (Phi) is 14.9. The van der Waals surface area contributed by atoms with E-state index in [4.69, 9.17) is 27.4 Å². The molecule has 5 atom stereocenters. The van der Waals surface area contributed by atoms with Gasteiger partial charge in [0, 0.05) is 13.0 Å². The van der Waals surface area contributed by atoms with E-state index >= 15 is 0 Å². The molecular formula is C21H37N7O9. The largest absolute Gasteiger partial charge is 0.481 e. The number of carbonyl (C=O) groups is 6. The van der Waals surface area contributed by atoms with Gasteiger partial charge in [0.05, 0.1) is 12.5 Å². The monoisotopic (exact) mass is 531 g/mol. The Bertz CT molecular complexity index is 861. The summed E-state index contributed by atoms with van der Waals surface area (Å²) in [6.07, 6.45) is -1.21. The summed E-state index contributed by atoms with van der Waals surface area (Å²) in [7, 11) is 0. The summed E-state index contributed by atoms with van der Waals surface area (Å²) in [5, 5.41) is 34.2. The molecule has 16 heteroatoms. The molecule has 0 aliphatic carbocycles. The molecule has 0 radical (unpaired) electrons. The fraction of sp³-hybridized carbons (Fsp3) is 0.667. The molecule has 37 heavy (non-hydrogen) atoms. The highest BCUT2D eigenvalue weighted by molar-refractivity contribution is 5.95. The highest BCUT2D eigenvalue weighted by atomic mass is 16.4. The number of aliphatic carboxylic acids is 3. The Morgan fingerprint density at radius 3 is 1.84 bits per heavy atom. The van der Waals surface area contributed by atoms with Gasteiger partial charge < -0.3 is 48.5 Å². The van der Waals surface area contributed by atoms with Crippen LogP contribution in [0, 0.1) is 5.92 Å². The van der Waals surface area contributed by atoms with Crippen molar-refractivity contribution in [1.29, 1.82) is 0 Å². The molecule has 0 heterocycles. The van der Waals surface area contributed by atoms with E-state index in [1.807, 2.05) is 0 Å². The van der Waals surface area contributed by atoms with E-state index in [1.54, 1.807) is 13.8 Å². The first-order valence-corrected chi connectivity index (χ1v) is 11.6. The zero-order valence-electron chi connectivity index (χ0n) is 20.8. The van der Waals surface area contributed by atoms with Crippen molar-refractivity contribution >= 4 is 41.6 Å². The van der Waals surface area contributed by atoms with Crippen LogP contribution >= 0.6 is 0 Å². The van der Waals surface area contributed by atoms with Gasteiger partial charge in [-0.3, -0.25) is 29.0 Å². The van der Waals surface area contributed by atoms with Crippen LogP contribution in [0.5, 0.6) is 0 Å². The predicted octanol–water partition coefficient (Wildman–Crippen LogP) is -2.71. The standard InChI is InChI=1S/C21H37N7O9/c1-3-10(2)16(22)19(35)28-13(9-15(31)32)18(34)26-11(6-7-14(29)30)17(33)27-12(20(36)37)5-4-8-25-21(23)24/h10-13,16H,3-9,22H2,1-2H3,(H,26,34)(H,27,33)(H,28,35)(H,29,30)(H,31,32)(H,36,37)(H4,23,24,25). The Morgan fingerprint density at radius 1 is 0.811 bits per heavy atom. The van der Waals surface area contributed by atoms with Gasteiger partial charge in [-0.2, -0.15) is 0 Å². The van der Waals surface area contributed by atoms with E-state index < -0.39 is 79.1 Å². The van der Waals surface area contributed by atoms with Gasteiger partial charge in [-0.05, 0) is 25.2 Å². The summed E-state index contributed by atoms with van der Waals surface area (Å²) < 4.78 is 0. The number of carboxylic acid groups (broad SMARTS) is 3. The second kappa shape index (κ2) is 16.7. The van der Waals surface area contributed by atoms with E-state index in [0.717, 1.165) is 0 Å². The molecule has 0 bridgehead atoms. The molecule has 0 saturated heterocycles. The molecule has 210 valence electrons. The van der Waals surface area contributed by atoms with Gasteiger partial charge in [0.25, 0.3) is 0 Å². The van der Waals surface area contributed by atoms with Crippen molar-refractivity contribution in [3.05, 3.63) is 0 Å². The number of carbonyl (C=O) groups excluding carboxylic acids is 3. The second-order valence-corrected chi connectivity index (χ2v) is 8.41. The van der Waals surface area contributed by atoms with Crippen LogP contribution in [0.2, 0.25) is 0 Å². The third-order valence-electron chi connectivity index (χ3n) is 5.41. The van der Waals surface area contributed by atoms with Crippen LogP contribution in [0.15, 0.2) is 4.99 Å². The van der Waals surface area contributed by atoms with Gasteiger partial charge in [0.1, 0.15) is 18.1 Å². The molecule has 0 spiro atoms. The molecule has 0 fully saturated rings. The summed E-state index contributed by atoms with van der Waals surface area (Å²) in [5.74, 6) is -7.48. The highest BCUT2D eigenvalue weighted by Gasteiger charge is 2.32. The number of carboxylic acids is 3. The molecule has 0 aromatic carbocycles. The van der Waals surface area contributed by atoms with Gasteiger partial charge in [-0.15, -0.1) is 0 Å². The third-order valence-corrected chi connectivity index (χ3v) is 5.41. The summed E-state index contributed by atoms with van der Waals surface area (Å²) in [6, 6.07) is -5.61. The molecule has 3 amide bonds. The van der Waals surface area contributed by atoms with Crippen molar-refractivity contribution in [3.8, 4) is 0 Å². The molecule has 0 saturated carbocycles. The second-order valence-electron chi connectivity index (χ2n) is 8.41. The Morgan fingerprint density at radius 2 is 1.35 bits per heavy atom. The zero-order valence-corrected chi connectivity index (χ0v) is 20.8. The first kappa shape index (κ1) is 33.0. The van der Waals surface area contributed by atoms with Gasteiger partial charge >= 0.3 is 17.9 Å². The topological polar surface area (TPSA) is 290 Å². The summed E-state index contributed by atoms with van der Waals surface area (Å²) in [5.41, 5.74) is 16.2. The van der Waals surface area contributed by atoms with Crippen LogP contribution < -0.4 is 33.2 Å². The number of nitrogens with zero attached hydrogens (tertiary/aromatic N) is 1. The maximum atomic E-state index is 12.8. The number of hydrogen-bond acceptors (Lipinski definition) is 8. The smallest absolute Gasteiger partial charge is 0.326 e. The summed E-state index contributed by atoms with van der Waals surface area (Å²) in [6.45, 7) is 3.58. The molecule has 12 N–H and O–H groups in total. The fourth-order valence-corrected chi connectivity index (χ4v) is 3.01. The van der Waals surface area contributed by atoms with Crippen LogP contribution in [0.3, 0.4) is 0 Å². The number of rotatable bonds is 18. The van der Waals surface area contributed by atoms with E-state index in [0.29, 0.717) is 6.42 Å². The lowest BCUT2D eigenvalue weighted by molar-refractivity contribution is -0.144.